The van der Waals surface area contributed by atoms with Crippen molar-refractivity contribution >= 4 is 18.1 Å². The molecule has 18 nitrogen and oxygen atoms in total. The highest BCUT2D eigenvalue weighted by molar-refractivity contribution is 5.72. The predicted octanol–water partition coefficient (Wildman–Crippen LogP) is -1.70. The summed E-state index contributed by atoms with van der Waals surface area (Å²) in [6, 6.07) is -2.02. The molecule has 37 heavy (non-hydrogen) atoms. The van der Waals surface area contributed by atoms with Crippen LogP contribution in [-0.4, -0.2) is 75.5 Å². The van der Waals surface area contributed by atoms with E-state index in [4.69, 9.17) is 46.3 Å². The molecule has 0 aromatic rings. The van der Waals surface area contributed by atoms with E-state index in [0.717, 1.165) is 0 Å². The first-order valence-corrected chi connectivity index (χ1v) is 11.5. The van der Waals surface area contributed by atoms with Gasteiger partial charge in [0.1, 0.15) is 0 Å². The summed E-state index contributed by atoms with van der Waals surface area (Å²) in [4.78, 5) is 48.0. The largest absolute Gasteiger partial charge is 0.379 e. The molecule has 0 bridgehead atoms. The van der Waals surface area contributed by atoms with Crippen LogP contribution in [0.5, 0.6) is 0 Å². The maximum Gasteiger partial charge on any atom is 0.352 e. The second-order valence-corrected chi connectivity index (χ2v) is 8.85. The van der Waals surface area contributed by atoms with Crippen molar-refractivity contribution in [3.8, 4) is 0 Å². The molecular weight excluding hydrogens is 498 g/mol. The van der Waals surface area contributed by atoms with Crippen LogP contribution in [0.2, 0.25) is 0 Å². The number of amides is 6. The van der Waals surface area contributed by atoms with Crippen molar-refractivity contribution in [2.24, 2.45) is 23.4 Å². The highest BCUT2D eigenvalue weighted by atomic mass is 16.7. The lowest BCUT2D eigenvalue weighted by atomic mass is 9.94. The lowest BCUT2D eigenvalue weighted by Crippen LogP contribution is -2.41. The van der Waals surface area contributed by atoms with Crippen molar-refractivity contribution in [1.82, 2.24) is 32.7 Å². The molecule has 0 fully saturated rings. The van der Waals surface area contributed by atoms with Gasteiger partial charge in [-0.25, -0.2) is 48.4 Å². The zero-order valence-corrected chi connectivity index (χ0v) is 21.8. The summed E-state index contributed by atoms with van der Waals surface area (Å²) >= 11 is 0. The van der Waals surface area contributed by atoms with Gasteiger partial charge in [0, 0.05) is 12.3 Å². The first kappa shape index (κ1) is 34.5. The standard InChI is InChI=1S/C19H43N9O9/c1-18(2,5-6-35-26-15(29)23-20)34-13-14(12-32-7-9-36-27-16(30)24-21)11-19(3,4)33-8-10-37-28-17(31)25-22/h14H,5-13,20-22H2,1-4H3,(H2,23,26,29)(H2,24,27,30)(H2,25,28,31). The van der Waals surface area contributed by atoms with Crippen LogP contribution < -0.4 is 50.2 Å². The second-order valence-electron chi connectivity index (χ2n) is 8.85. The lowest BCUT2D eigenvalue weighted by molar-refractivity contribution is -0.104. The van der Waals surface area contributed by atoms with Crippen molar-refractivity contribution in [2.75, 3.05) is 46.2 Å². The molecule has 12 N–H and O–H groups in total. The van der Waals surface area contributed by atoms with Gasteiger partial charge in [-0.1, -0.05) is 0 Å². The number of urea groups is 3. The number of nitrogens with one attached hydrogen (secondary N) is 6. The highest BCUT2D eigenvalue weighted by Crippen LogP contribution is 2.24. The second kappa shape index (κ2) is 19.5. The fourth-order valence-electron chi connectivity index (χ4n) is 2.78. The average molecular weight is 542 g/mol. The van der Waals surface area contributed by atoms with Crippen LogP contribution in [0.25, 0.3) is 0 Å². The Morgan fingerprint density at radius 1 is 0.649 bits per heavy atom. The van der Waals surface area contributed by atoms with E-state index >= 15 is 0 Å². The Morgan fingerprint density at radius 2 is 1.14 bits per heavy atom. The van der Waals surface area contributed by atoms with E-state index in [1.54, 1.807) is 0 Å². The molecule has 0 heterocycles. The van der Waals surface area contributed by atoms with Crippen molar-refractivity contribution in [3.05, 3.63) is 0 Å². The molecule has 0 aliphatic heterocycles. The Hall–Kier alpha value is -2.55. The third kappa shape index (κ3) is 20.2. The molecule has 0 aliphatic carbocycles. The molecule has 0 aliphatic rings. The van der Waals surface area contributed by atoms with Crippen molar-refractivity contribution < 1.29 is 43.1 Å². The van der Waals surface area contributed by atoms with Crippen molar-refractivity contribution in [3.63, 3.8) is 0 Å². The van der Waals surface area contributed by atoms with Crippen LogP contribution >= 0.6 is 0 Å². The predicted molar refractivity (Wildman–Crippen MR) is 129 cm³/mol. The monoisotopic (exact) mass is 541 g/mol. The lowest BCUT2D eigenvalue weighted by Gasteiger charge is -2.33. The molecule has 0 spiro atoms. The number of rotatable bonds is 20. The summed E-state index contributed by atoms with van der Waals surface area (Å²) in [5.41, 5.74) is 10.8. The van der Waals surface area contributed by atoms with Gasteiger partial charge in [0.15, 0.2) is 0 Å². The molecule has 218 valence electrons. The number of hydrogen-bond donors (Lipinski definition) is 9. The summed E-state index contributed by atoms with van der Waals surface area (Å²) < 4.78 is 17.7. The van der Waals surface area contributed by atoms with E-state index in [9.17, 15) is 14.4 Å². The number of carbonyl (C=O) groups excluding carboxylic acids is 3. The molecule has 0 rings (SSSR count). The van der Waals surface area contributed by atoms with Crippen LogP contribution in [-0.2, 0) is 28.7 Å². The summed E-state index contributed by atoms with van der Waals surface area (Å²) in [6.07, 6.45) is 1.04. The van der Waals surface area contributed by atoms with Crippen LogP contribution in [0.3, 0.4) is 0 Å². The molecule has 18 heteroatoms. The van der Waals surface area contributed by atoms with Crippen LogP contribution in [0.1, 0.15) is 40.5 Å². The van der Waals surface area contributed by atoms with Gasteiger partial charge in [0.2, 0.25) is 0 Å². The highest BCUT2D eigenvalue weighted by Gasteiger charge is 2.27. The number of ether oxygens (including phenoxy) is 3. The smallest absolute Gasteiger partial charge is 0.352 e. The third-order valence-corrected chi connectivity index (χ3v) is 4.55. The van der Waals surface area contributed by atoms with Crippen LogP contribution in [0, 0.1) is 5.92 Å². The van der Waals surface area contributed by atoms with E-state index in [0.29, 0.717) is 26.1 Å². The summed E-state index contributed by atoms with van der Waals surface area (Å²) in [7, 11) is 0. The zero-order valence-electron chi connectivity index (χ0n) is 21.8. The Labute approximate surface area is 216 Å². The van der Waals surface area contributed by atoms with Gasteiger partial charge in [-0.3, -0.25) is 30.8 Å². The van der Waals surface area contributed by atoms with Gasteiger partial charge in [-0.15, -0.1) is 0 Å². The fourth-order valence-corrected chi connectivity index (χ4v) is 2.78. The Kier molecular flexibility index (Phi) is 18.2. The number of hydrogen-bond acceptors (Lipinski definition) is 12. The minimum Gasteiger partial charge on any atom is -0.379 e. The molecule has 1 unspecified atom stereocenters. The Morgan fingerprint density at radius 3 is 1.65 bits per heavy atom. The Bertz CT molecular complexity index is 657. The SMILES string of the molecule is CC(C)(CCONC(=O)NN)OCC(COCCONC(=O)NN)CC(C)(C)OCCONC(=O)NN. The number of hydroxylamine groups is 3. The van der Waals surface area contributed by atoms with Crippen LogP contribution in [0.4, 0.5) is 14.4 Å². The van der Waals surface area contributed by atoms with Crippen molar-refractivity contribution in [2.45, 2.75) is 51.7 Å². The van der Waals surface area contributed by atoms with E-state index in [1.807, 2.05) is 44.0 Å². The molecular formula is C19H43N9O9. The number of hydrazine groups is 3. The summed E-state index contributed by atoms with van der Waals surface area (Å²) in [5.74, 6) is 14.8. The van der Waals surface area contributed by atoms with Crippen LogP contribution in [0.15, 0.2) is 0 Å². The maximum atomic E-state index is 11.1. The van der Waals surface area contributed by atoms with Crippen molar-refractivity contribution in [1.29, 1.82) is 0 Å². The number of carbonyl (C=O) groups is 3. The van der Waals surface area contributed by atoms with Gasteiger partial charge in [-0.2, -0.15) is 0 Å². The summed E-state index contributed by atoms with van der Waals surface area (Å²) in [6.45, 7) is 9.08. The van der Waals surface area contributed by atoms with E-state index in [2.05, 4.69) is 16.4 Å². The van der Waals surface area contributed by atoms with Gasteiger partial charge < -0.3 is 14.2 Å². The zero-order chi connectivity index (χ0) is 28.2. The van der Waals surface area contributed by atoms with E-state index in [1.165, 1.54) is 0 Å². The van der Waals surface area contributed by atoms with Gasteiger partial charge >= 0.3 is 18.1 Å². The minimum absolute atomic E-state index is 0.0845. The maximum absolute atomic E-state index is 11.1. The average Bonchev–Trinajstić information content (AvgIpc) is 2.86. The Balaban J connectivity index is 4.69. The molecule has 6 amide bonds. The minimum atomic E-state index is -0.682. The molecule has 0 saturated carbocycles. The van der Waals surface area contributed by atoms with E-state index < -0.39 is 29.3 Å². The third-order valence-electron chi connectivity index (χ3n) is 4.55. The first-order valence-electron chi connectivity index (χ1n) is 11.5. The number of nitrogens with two attached hydrogens (primary N) is 3. The topological polar surface area (TPSA) is 257 Å². The molecule has 0 radical (unpaired) electrons. The molecule has 0 saturated heterocycles. The van der Waals surface area contributed by atoms with Gasteiger partial charge in [0.25, 0.3) is 0 Å². The molecule has 0 aromatic heterocycles. The van der Waals surface area contributed by atoms with E-state index in [-0.39, 0.29) is 39.0 Å². The quantitative estimate of drug-likeness (QED) is 0.0362. The fraction of sp³-hybridized carbons (Fsp3) is 0.842. The molecule has 0 aromatic carbocycles. The normalized spacial score (nSPS) is 12.4. The first-order chi connectivity index (χ1) is 17.4. The molecule has 1 atom stereocenters. The van der Waals surface area contributed by atoms with Gasteiger partial charge in [0.05, 0.1) is 57.5 Å². The van der Waals surface area contributed by atoms with Gasteiger partial charge in [-0.05, 0) is 34.1 Å². The summed E-state index contributed by atoms with van der Waals surface area (Å²) in [5, 5.41) is 0.